The number of benzene rings is 1. The summed E-state index contributed by atoms with van der Waals surface area (Å²) in [6.45, 7) is 10.9. The second kappa shape index (κ2) is 11.5. The van der Waals surface area contributed by atoms with Crippen LogP contribution in [0.15, 0.2) is 29.1 Å². The molecule has 170 valence electrons. The van der Waals surface area contributed by atoms with Gasteiger partial charge < -0.3 is 24.7 Å². The SMILES string of the molecule is COc1ccc2cc(CN(CCCN3CCOCC3)C(=S)NCC(C)C)c(=O)[nH]c2c1. The van der Waals surface area contributed by atoms with Gasteiger partial charge in [0.2, 0.25) is 0 Å². The van der Waals surface area contributed by atoms with Crippen LogP contribution in [-0.2, 0) is 11.3 Å². The van der Waals surface area contributed by atoms with Gasteiger partial charge in [-0.3, -0.25) is 9.69 Å². The van der Waals surface area contributed by atoms with Crippen LogP contribution in [0.25, 0.3) is 10.9 Å². The van der Waals surface area contributed by atoms with Crippen LogP contribution < -0.4 is 15.6 Å². The quantitative estimate of drug-likeness (QED) is 0.574. The Morgan fingerprint density at radius 2 is 2.10 bits per heavy atom. The number of fused-ring (bicyclic) bond motifs is 1. The van der Waals surface area contributed by atoms with E-state index in [0.29, 0.717) is 23.1 Å². The smallest absolute Gasteiger partial charge is 0.253 e. The zero-order valence-electron chi connectivity index (χ0n) is 18.8. The van der Waals surface area contributed by atoms with Gasteiger partial charge in [-0.2, -0.15) is 0 Å². The maximum absolute atomic E-state index is 12.8. The molecule has 0 saturated carbocycles. The van der Waals surface area contributed by atoms with Gasteiger partial charge in [0.05, 0.1) is 32.4 Å². The average molecular weight is 447 g/mol. The number of aromatic amines is 1. The molecule has 31 heavy (non-hydrogen) atoms. The van der Waals surface area contributed by atoms with E-state index >= 15 is 0 Å². The second-order valence-corrected chi connectivity index (χ2v) is 8.77. The summed E-state index contributed by atoms with van der Waals surface area (Å²) >= 11 is 5.69. The third-order valence-corrected chi connectivity index (χ3v) is 5.85. The zero-order valence-corrected chi connectivity index (χ0v) is 19.6. The molecule has 0 amide bonds. The molecule has 2 aromatic rings. The van der Waals surface area contributed by atoms with Gasteiger partial charge in [0.15, 0.2) is 5.11 Å². The molecule has 7 nitrogen and oxygen atoms in total. The lowest BCUT2D eigenvalue weighted by molar-refractivity contribution is 0.0367. The van der Waals surface area contributed by atoms with E-state index < -0.39 is 0 Å². The van der Waals surface area contributed by atoms with Gasteiger partial charge in [-0.25, -0.2) is 0 Å². The molecule has 1 aromatic carbocycles. The largest absolute Gasteiger partial charge is 0.497 e. The lowest BCUT2D eigenvalue weighted by Gasteiger charge is -2.30. The van der Waals surface area contributed by atoms with Gasteiger partial charge in [0.25, 0.3) is 5.56 Å². The minimum absolute atomic E-state index is 0.0920. The number of hydrogen-bond acceptors (Lipinski definition) is 5. The molecule has 2 heterocycles. The van der Waals surface area contributed by atoms with Crippen molar-refractivity contribution < 1.29 is 9.47 Å². The van der Waals surface area contributed by atoms with E-state index in [0.717, 1.165) is 69.0 Å². The number of aromatic nitrogens is 1. The van der Waals surface area contributed by atoms with E-state index in [1.165, 1.54) is 0 Å². The van der Waals surface area contributed by atoms with Crippen LogP contribution >= 0.6 is 12.2 Å². The third-order valence-electron chi connectivity index (χ3n) is 5.45. The molecule has 0 radical (unpaired) electrons. The van der Waals surface area contributed by atoms with Crippen molar-refractivity contribution in [3.8, 4) is 5.75 Å². The molecule has 0 atom stereocenters. The Balaban J connectivity index is 1.72. The Bertz CT molecular complexity index is 925. The Morgan fingerprint density at radius 1 is 1.32 bits per heavy atom. The van der Waals surface area contributed by atoms with Crippen LogP contribution in [0.5, 0.6) is 5.75 Å². The third kappa shape index (κ3) is 6.92. The summed E-state index contributed by atoms with van der Waals surface area (Å²) in [4.78, 5) is 20.3. The van der Waals surface area contributed by atoms with Crippen molar-refractivity contribution in [2.45, 2.75) is 26.8 Å². The Hall–Kier alpha value is -2.16. The predicted octanol–water partition coefficient (Wildman–Crippen LogP) is 2.59. The Morgan fingerprint density at radius 3 is 2.81 bits per heavy atom. The number of ether oxygens (including phenoxy) is 2. The van der Waals surface area contributed by atoms with Gasteiger partial charge in [-0.05, 0) is 48.1 Å². The van der Waals surface area contributed by atoms with Crippen LogP contribution in [0.4, 0.5) is 0 Å². The average Bonchev–Trinajstić information content (AvgIpc) is 2.77. The first-order valence-corrected chi connectivity index (χ1v) is 11.4. The monoisotopic (exact) mass is 446 g/mol. The first-order chi connectivity index (χ1) is 15.0. The molecule has 0 bridgehead atoms. The van der Waals surface area contributed by atoms with Crippen molar-refractivity contribution in [3.05, 3.63) is 40.2 Å². The molecule has 1 aromatic heterocycles. The van der Waals surface area contributed by atoms with Gasteiger partial charge in [-0.1, -0.05) is 13.8 Å². The molecule has 2 N–H and O–H groups in total. The topological polar surface area (TPSA) is 69.8 Å². The standard InChI is InChI=1S/C23H34N4O3S/c1-17(2)15-24-23(31)27(8-4-7-26-9-11-30-12-10-26)16-19-13-18-5-6-20(29-3)14-21(18)25-22(19)28/h5-6,13-14,17H,4,7-12,15-16H2,1-3H3,(H,24,31)(H,25,28). The van der Waals surface area contributed by atoms with E-state index in [1.54, 1.807) is 7.11 Å². The fourth-order valence-electron chi connectivity index (χ4n) is 3.64. The van der Waals surface area contributed by atoms with E-state index in [4.69, 9.17) is 21.7 Å². The first-order valence-electron chi connectivity index (χ1n) is 11.0. The van der Waals surface area contributed by atoms with Crippen molar-refractivity contribution in [2.24, 2.45) is 5.92 Å². The number of thiocarbonyl (C=S) groups is 1. The maximum Gasteiger partial charge on any atom is 0.253 e. The second-order valence-electron chi connectivity index (χ2n) is 8.39. The van der Waals surface area contributed by atoms with Gasteiger partial charge in [0.1, 0.15) is 5.75 Å². The minimum Gasteiger partial charge on any atom is -0.497 e. The molecule has 0 unspecified atom stereocenters. The molecule has 1 fully saturated rings. The fourth-order valence-corrected chi connectivity index (χ4v) is 3.88. The summed E-state index contributed by atoms with van der Waals surface area (Å²) in [5, 5.41) is 5.03. The molecule has 8 heteroatoms. The highest BCUT2D eigenvalue weighted by Gasteiger charge is 2.15. The highest BCUT2D eigenvalue weighted by molar-refractivity contribution is 7.80. The van der Waals surface area contributed by atoms with E-state index in [2.05, 4.69) is 33.9 Å². The number of nitrogens with zero attached hydrogens (tertiary/aromatic N) is 2. The summed E-state index contributed by atoms with van der Waals surface area (Å²) < 4.78 is 10.7. The number of pyridine rings is 1. The normalized spacial score (nSPS) is 14.7. The summed E-state index contributed by atoms with van der Waals surface area (Å²) in [6.07, 6.45) is 0.978. The summed E-state index contributed by atoms with van der Waals surface area (Å²) in [5.41, 5.74) is 1.39. The maximum atomic E-state index is 12.8. The molecule has 1 aliphatic heterocycles. The zero-order chi connectivity index (χ0) is 22.2. The van der Waals surface area contributed by atoms with Crippen LogP contribution in [0.1, 0.15) is 25.8 Å². The van der Waals surface area contributed by atoms with Crippen molar-refractivity contribution in [1.82, 2.24) is 20.1 Å². The highest BCUT2D eigenvalue weighted by atomic mass is 32.1. The summed E-state index contributed by atoms with van der Waals surface area (Å²) in [7, 11) is 1.62. The molecule has 0 aliphatic carbocycles. The van der Waals surface area contributed by atoms with Crippen molar-refractivity contribution in [1.29, 1.82) is 0 Å². The Labute approximate surface area is 189 Å². The first kappa shape index (κ1) is 23.5. The number of hydrogen-bond donors (Lipinski definition) is 2. The van der Waals surface area contributed by atoms with Crippen LogP contribution in [0, 0.1) is 5.92 Å². The lowest BCUT2D eigenvalue weighted by atomic mass is 10.1. The molecule has 1 saturated heterocycles. The van der Waals surface area contributed by atoms with E-state index in [-0.39, 0.29) is 5.56 Å². The van der Waals surface area contributed by atoms with E-state index in [9.17, 15) is 4.79 Å². The van der Waals surface area contributed by atoms with Crippen LogP contribution in [0.2, 0.25) is 0 Å². The van der Waals surface area contributed by atoms with Crippen LogP contribution in [0.3, 0.4) is 0 Å². The number of H-pyrrole nitrogens is 1. The number of rotatable bonds is 9. The number of morpholine rings is 1. The fraction of sp³-hybridized carbons (Fsp3) is 0.565. The minimum atomic E-state index is -0.0920. The molecule has 0 spiro atoms. The van der Waals surface area contributed by atoms with Crippen molar-refractivity contribution in [3.63, 3.8) is 0 Å². The molecular formula is C23H34N4O3S. The summed E-state index contributed by atoms with van der Waals surface area (Å²) in [6, 6.07) is 7.66. The summed E-state index contributed by atoms with van der Waals surface area (Å²) in [5.74, 6) is 1.21. The highest BCUT2D eigenvalue weighted by Crippen LogP contribution is 2.19. The lowest BCUT2D eigenvalue weighted by Crippen LogP contribution is -2.43. The number of nitrogens with one attached hydrogen (secondary N) is 2. The predicted molar refractivity (Wildman–Crippen MR) is 129 cm³/mol. The van der Waals surface area contributed by atoms with Crippen molar-refractivity contribution in [2.75, 3.05) is 53.0 Å². The number of methoxy groups -OCH3 is 1. The molecular weight excluding hydrogens is 412 g/mol. The van der Waals surface area contributed by atoms with Crippen molar-refractivity contribution >= 4 is 28.2 Å². The van der Waals surface area contributed by atoms with Crippen LogP contribution in [-0.4, -0.2) is 72.9 Å². The van der Waals surface area contributed by atoms with Gasteiger partial charge >= 0.3 is 0 Å². The Kier molecular flexibility index (Phi) is 8.69. The van der Waals surface area contributed by atoms with Gasteiger partial charge in [-0.15, -0.1) is 0 Å². The molecule has 1 aliphatic rings. The van der Waals surface area contributed by atoms with E-state index in [1.807, 2.05) is 24.3 Å². The molecule has 3 rings (SSSR count). The van der Waals surface area contributed by atoms with Gasteiger partial charge in [0, 0.05) is 44.4 Å².